The molecule has 1 aromatic rings. The highest BCUT2D eigenvalue weighted by Gasteiger charge is 2.24. The van der Waals surface area contributed by atoms with Crippen LogP contribution in [-0.4, -0.2) is 27.2 Å². The average Bonchev–Trinajstić information content (AvgIpc) is 2.69. The van der Waals surface area contributed by atoms with Crippen LogP contribution < -0.4 is 11.2 Å². The van der Waals surface area contributed by atoms with Gasteiger partial charge in [0.2, 0.25) is 0 Å². The van der Waals surface area contributed by atoms with Gasteiger partial charge in [0.05, 0.1) is 0 Å². The van der Waals surface area contributed by atoms with Gasteiger partial charge in [0.1, 0.15) is 11.9 Å². The molecule has 1 fully saturated rings. The molecule has 0 saturated carbocycles. The number of aromatic amines is 1. The van der Waals surface area contributed by atoms with Gasteiger partial charge in [0, 0.05) is 12.7 Å². The van der Waals surface area contributed by atoms with Crippen molar-refractivity contribution in [2.75, 3.05) is 6.61 Å². The van der Waals surface area contributed by atoms with Gasteiger partial charge < -0.3 is 9.84 Å². The maximum Gasteiger partial charge on any atom is 0.352 e. The molecule has 1 aliphatic rings. The number of carbonyl (C=O) groups is 1. The standard InChI is InChI=1S/C9H10N2O5/c12-6-4-5(8(13)14)11(9(15)10-6)7-2-1-3-16-7/h4,7H,1-3H2,(H,13,14)(H,10,12,15). The van der Waals surface area contributed by atoms with Crippen LogP contribution in [0.15, 0.2) is 15.7 Å². The summed E-state index contributed by atoms with van der Waals surface area (Å²) in [5, 5.41) is 8.91. The van der Waals surface area contributed by atoms with E-state index in [1.165, 1.54) is 0 Å². The second-order valence-electron chi connectivity index (χ2n) is 3.47. The number of H-pyrrole nitrogens is 1. The van der Waals surface area contributed by atoms with Gasteiger partial charge in [0.25, 0.3) is 5.56 Å². The number of nitrogens with zero attached hydrogens (tertiary/aromatic N) is 1. The van der Waals surface area contributed by atoms with E-state index in [2.05, 4.69) is 0 Å². The van der Waals surface area contributed by atoms with Crippen LogP contribution in [0.3, 0.4) is 0 Å². The van der Waals surface area contributed by atoms with Crippen molar-refractivity contribution >= 4 is 5.97 Å². The van der Waals surface area contributed by atoms with Gasteiger partial charge in [-0.3, -0.25) is 14.3 Å². The minimum Gasteiger partial charge on any atom is -0.477 e. The van der Waals surface area contributed by atoms with Crippen molar-refractivity contribution in [2.45, 2.75) is 19.1 Å². The highest BCUT2D eigenvalue weighted by molar-refractivity contribution is 5.85. The lowest BCUT2D eigenvalue weighted by atomic mass is 10.3. The Morgan fingerprint density at radius 1 is 1.56 bits per heavy atom. The van der Waals surface area contributed by atoms with Crippen LogP contribution in [0.5, 0.6) is 0 Å². The molecule has 16 heavy (non-hydrogen) atoms. The second kappa shape index (κ2) is 3.93. The van der Waals surface area contributed by atoms with E-state index in [4.69, 9.17) is 9.84 Å². The number of hydrogen-bond donors (Lipinski definition) is 2. The Balaban J connectivity index is 2.61. The Hall–Kier alpha value is -1.89. The molecule has 86 valence electrons. The van der Waals surface area contributed by atoms with E-state index in [-0.39, 0.29) is 5.69 Å². The van der Waals surface area contributed by atoms with E-state index in [1.54, 1.807) is 0 Å². The highest BCUT2D eigenvalue weighted by Crippen LogP contribution is 2.21. The summed E-state index contributed by atoms with van der Waals surface area (Å²) >= 11 is 0. The predicted molar refractivity (Wildman–Crippen MR) is 52.5 cm³/mol. The van der Waals surface area contributed by atoms with Crippen LogP contribution >= 0.6 is 0 Å². The van der Waals surface area contributed by atoms with Crippen molar-refractivity contribution in [2.24, 2.45) is 0 Å². The van der Waals surface area contributed by atoms with Crippen molar-refractivity contribution in [1.82, 2.24) is 9.55 Å². The lowest BCUT2D eigenvalue weighted by molar-refractivity contribution is 0.0435. The van der Waals surface area contributed by atoms with Gasteiger partial charge in [-0.25, -0.2) is 9.59 Å². The first kappa shape index (κ1) is 10.6. The number of nitrogens with one attached hydrogen (secondary N) is 1. The fraction of sp³-hybridized carbons (Fsp3) is 0.444. The number of rotatable bonds is 2. The molecule has 1 unspecified atom stereocenters. The number of aromatic nitrogens is 2. The molecule has 1 saturated heterocycles. The van der Waals surface area contributed by atoms with Gasteiger partial charge in [-0.05, 0) is 12.8 Å². The smallest absolute Gasteiger partial charge is 0.352 e. The Kier molecular flexibility index (Phi) is 2.61. The zero-order valence-electron chi connectivity index (χ0n) is 8.30. The van der Waals surface area contributed by atoms with Gasteiger partial charge in [0.15, 0.2) is 0 Å². The van der Waals surface area contributed by atoms with Gasteiger partial charge in [-0.2, -0.15) is 0 Å². The third-order valence-corrected chi connectivity index (χ3v) is 2.39. The number of carboxylic acids is 1. The molecule has 0 radical (unpaired) electrons. The number of ether oxygens (including phenoxy) is 1. The normalized spacial score (nSPS) is 19.9. The van der Waals surface area contributed by atoms with E-state index >= 15 is 0 Å². The van der Waals surface area contributed by atoms with Crippen LogP contribution in [-0.2, 0) is 4.74 Å². The molecule has 0 bridgehead atoms. The summed E-state index contributed by atoms with van der Waals surface area (Å²) in [6.07, 6.45) is 0.720. The van der Waals surface area contributed by atoms with Crippen LogP contribution in [0.4, 0.5) is 0 Å². The molecule has 2 N–H and O–H groups in total. The van der Waals surface area contributed by atoms with Crippen molar-refractivity contribution in [3.63, 3.8) is 0 Å². The minimum atomic E-state index is -1.32. The first-order valence-corrected chi connectivity index (χ1v) is 4.80. The Morgan fingerprint density at radius 2 is 2.31 bits per heavy atom. The summed E-state index contributed by atoms with van der Waals surface area (Å²) in [6, 6.07) is 0.880. The summed E-state index contributed by atoms with van der Waals surface area (Å²) in [5.41, 5.74) is -1.82. The lowest BCUT2D eigenvalue weighted by Crippen LogP contribution is -2.36. The Labute approximate surface area is 89.3 Å². The molecular weight excluding hydrogens is 216 g/mol. The van der Waals surface area contributed by atoms with Crippen molar-refractivity contribution < 1.29 is 14.6 Å². The Bertz CT molecular complexity index is 523. The van der Waals surface area contributed by atoms with Gasteiger partial charge in [-0.1, -0.05) is 0 Å². The monoisotopic (exact) mass is 226 g/mol. The topological polar surface area (TPSA) is 101 Å². The molecule has 2 rings (SSSR count). The van der Waals surface area contributed by atoms with Crippen LogP contribution in [0, 0.1) is 0 Å². The molecule has 0 aromatic carbocycles. The predicted octanol–water partition coefficient (Wildman–Crippen LogP) is -0.456. The second-order valence-corrected chi connectivity index (χ2v) is 3.47. The number of hydrogen-bond acceptors (Lipinski definition) is 4. The van der Waals surface area contributed by atoms with Crippen molar-refractivity contribution in [1.29, 1.82) is 0 Å². The highest BCUT2D eigenvalue weighted by atomic mass is 16.5. The van der Waals surface area contributed by atoms with Crippen molar-refractivity contribution in [3.8, 4) is 0 Å². The third-order valence-electron chi connectivity index (χ3n) is 2.39. The molecule has 1 atom stereocenters. The molecule has 2 heterocycles. The SMILES string of the molecule is O=C(O)c1cc(=O)[nH]c(=O)n1C1CCCO1. The molecule has 7 heteroatoms. The van der Waals surface area contributed by atoms with Crippen molar-refractivity contribution in [3.05, 3.63) is 32.6 Å². The maximum atomic E-state index is 11.5. The third kappa shape index (κ3) is 1.76. The first-order chi connectivity index (χ1) is 7.59. The van der Waals surface area contributed by atoms with Crippen LogP contribution in [0.1, 0.15) is 29.6 Å². The van der Waals surface area contributed by atoms with E-state index < -0.39 is 23.4 Å². The average molecular weight is 226 g/mol. The summed E-state index contributed by atoms with van der Waals surface area (Å²) < 4.78 is 6.20. The molecule has 1 aliphatic heterocycles. The van der Waals surface area contributed by atoms with Gasteiger partial charge in [-0.15, -0.1) is 0 Å². The summed E-state index contributed by atoms with van der Waals surface area (Å²) in [6.45, 7) is 0.481. The molecule has 7 nitrogen and oxygen atoms in total. The first-order valence-electron chi connectivity index (χ1n) is 4.80. The van der Waals surface area contributed by atoms with E-state index in [0.717, 1.165) is 17.1 Å². The molecule has 0 spiro atoms. The largest absolute Gasteiger partial charge is 0.477 e. The van der Waals surface area contributed by atoms with Crippen LogP contribution in [0.2, 0.25) is 0 Å². The fourth-order valence-electron chi connectivity index (χ4n) is 1.72. The molecule has 0 aliphatic carbocycles. The van der Waals surface area contributed by atoms with E-state index in [9.17, 15) is 14.4 Å². The van der Waals surface area contributed by atoms with E-state index in [1.807, 2.05) is 4.98 Å². The maximum absolute atomic E-state index is 11.5. The zero-order chi connectivity index (χ0) is 11.7. The molecule has 0 amide bonds. The molecule has 1 aromatic heterocycles. The fourth-order valence-corrected chi connectivity index (χ4v) is 1.72. The zero-order valence-corrected chi connectivity index (χ0v) is 8.30. The quantitative estimate of drug-likeness (QED) is 0.710. The van der Waals surface area contributed by atoms with Crippen LogP contribution in [0.25, 0.3) is 0 Å². The number of carboxylic acid groups (broad SMARTS) is 1. The lowest BCUT2D eigenvalue weighted by Gasteiger charge is -2.14. The summed E-state index contributed by atoms with van der Waals surface area (Å²) in [7, 11) is 0. The van der Waals surface area contributed by atoms with E-state index in [0.29, 0.717) is 13.0 Å². The number of aromatic carboxylic acids is 1. The summed E-state index contributed by atoms with van der Waals surface area (Å²) in [5.74, 6) is -1.32. The van der Waals surface area contributed by atoms with Gasteiger partial charge >= 0.3 is 11.7 Å². The molecular formula is C9H10N2O5. The minimum absolute atomic E-state index is 0.347. The summed E-state index contributed by atoms with van der Waals surface area (Å²) in [4.78, 5) is 35.5. The Morgan fingerprint density at radius 3 is 2.88 bits per heavy atom.